The van der Waals surface area contributed by atoms with Gasteiger partial charge in [0.15, 0.2) is 0 Å². The first kappa shape index (κ1) is 19.8. The van der Waals surface area contributed by atoms with Gasteiger partial charge in [-0.2, -0.15) is 0 Å². The molecule has 0 heterocycles. The van der Waals surface area contributed by atoms with Crippen LogP contribution in [0.3, 0.4) is 0 Å². The Morgan fingerprint density at radius 2 is 1.50 bits per heavy atom. The molecular weight excluding hydrogens is 292 g/mol. The fourth-order valence-corrected chi connectivity index (χ4v) is 4.90. The Bertz CT molecular complexity index is 343. The molecule has 0 amide bonds. The Morgan fingerprint density at radius 3 is 2.08 bits per heavy atom. The molecule has 2 aliphatic carbocycles. The van der Waals surface area contributed by atoms with E-state index in [1.165, 1.54) is 77.0 Å². The van der Waals surface area contributed by atoms with Crippen LogP contribution in [0.5, 0.6) is 0 Å². The molecule has 0 unspecified atom stereocenters. The van der Waals surface area contributed by atoms with E-state index < -0.39 is 0 Å². The lowest BCUT2D eigenvalue weighted by Gasteiger charge is -2.38. The van der Waals surface area contributed by atoms with Crippen LogP contribution < -0.4 is 0 Å². The van der Waals surface area contributed by atoms with Crippen molar-refractivity contribution in [2.75, 3.05) is 13.2 Å². The van der Waals surface area contributed by atoms with Crippen LogP contribution >= 0.6 is 0 Å². The summed E-state index contributed by atoms with van der Waals surface area (Å²) in [5.74, 6) is 3.90. The van der Waals surface area contributed by atoms with Gasteiger partial charge in [0.2, 0.25) is 0 Å². The highest BCUT2D eigenvalue weighted by atomic mass is 16.5. The minimum absolute atomic E-state index is 0.720. The molecule has 1 heteroatoms. The van der Waals surface area contributed by atoms with Crippen LogP contribution in [-0.2, 0) is 4.74 Å². The number of unbranched alkanes of at least 4 members (excludes halogenated alkanes) is 1. The minimum atomic E-state index is 0.720. The topological polar surface area (TPSA) is 9.23 Å². The zero-order valence-corrected chi connectivity index (χ0v) is 16.1. The van der Waals surface area contributed by atoms with Crippen LogP contribution in [0.4, 0.5) is 0 Å². The SMILES string of the molecule is C=CCOCC1CCC([C@H]2CC[C@H](CCC/C=C\CC)CC2)CC1. The van der Waals surface area contributed by atoms with E-state index in [-0.39, 0.29) is 0 Å². The predicted octanol–water partition coefficient (Wildman–Crippen LogP) is 6.94. The standard InChI is InChI=1S/C23H40O/c1-3-5-6-7-8-9-20-10-14-22(15-11-20)23-16-12-21(13-17-23)19-24-18-4-2/h4-6,20-23H,2-3,7-19H2,1H3/b6-5-/t20-,21?,22-,23?. The molecule has 0 atom stereocenters. The molecule has 1 nitrogen and oxygen atoms in total. The van der Waals surface area contributed by atoms with Gasteiger partial charge in [-0.05, 0) is 81.5 Å². The van der Waals surface area contributed by atoms with Crippen molar-refractivity contribution in [3.05, 3.63) is 24.8 Å². The summed E-state index contributed by atoms with van der Waals surface area (Å²) in [4.78, 5) is 0. The molecule has 0 radical (unpaired) electrons. The monoisotopic (exact) mass is 332 g/mol. The first-order valence-corrected chi connectivity index (χ1v) is 10.7. The second-order valence-electron chi connectivity index (χ2n) is 8.20. The summed E-state index contributed by atoms with van der Waals surface area (Å²) in [7, 11) is 0. The molecule has 24 heavy (non-hydrogen) atoms. The van der Waals surface area contributed by atoms with E-state index in [1.54, 1.807) is 0 Å². The van der Waals surface area contributed by atoms with Gasteiger partial charge >= 0.3 is 0 Å². The van der Waals surface area contributed by atoms with Gasteiger partial charge in [0.25, 0.3) is 0 Å². The first-order valence-electron chi connectivity index (χ1n) is 10.7. The molecule has 0 saturated heterocycles. The van der Waals surface area contributed by atoms with Gasteiger partial charge in [-0.25, -0.2) is 0 Å². The summed E-state index contributed by atoms with van der Waals surface area (Å²) >= 11 is 0. The van der Waals surface area contributed by atoms with Gasteiger partial charge in [-0.3, -0.25) is 0 Å². The zero-order valence-electron chi connectivity index (χ0n) is 16.1. The van der Waals surface area contributed by atoms with Crippen molar-refractivity contribution in [2.45, 2.75) is 84.0 Å². The Balaban J connectivity index is 1.56. The molecule has 2 aliphatic rings. The second kappa shape index (κ2) is 11.9. The molecule has 0 bridgehead atoms. The third-order valence-corrected chi connectivity index (χ3v) is 6.42. The number of ether oxygens (including phenoxy) is 1. The summed E-state index contributed by atoms with van der Waals surface area (Å²) in [6.45, 7) is 7.62. The molecular formula is C23H40O. The minimum Gasteiger partial charge on any atom is -0.377 e. The Kier molecular flexibility index (Phi) is 9.80. The van der Waals surface area contributed by atoms with Crippen molar-refractivity contribution >= 4 is 0 Å². The number of allylic oxidation sites excluding steroid dienone is 2. The van der Waals surface area contributed by atoms with Crippen molar-refractivity contribution in [1.29, 1.82) is 0 Å². The van der Waals surface area contributed by atoms with E-state index in [2.05, 4.69) is 25.7 Å². The smallest absolute Gasteiger partial charge is 0.0644 e. The highest BCUT2D eigenvalue weighted by molar-refractivity contribution is 4.83. The molecule has 2 rings (SSSR count). The lowest BCUT2D eigenvalue weighted by Crippen LogP contribution is -2.27. The summed E-state index contributed by atoms with van der Waals surface area (Å²) < 4.78 is 5.66. The van der Waals surface area contributed by atoms with Crippen LogP contribution in [0.25, 0.3) is 0 Å². The maximum atomic E-state index is 5.66. The van der Waals surface area contributed by atoms with Crippen LogP contribution in [0.1, 0.15) is 84.0 Å². The third-order valence-electron chi connectivity index (χ3n) is 6.42. The zero-order chi connectivity index (χ0) is 17.0. The lowest BCUT2D eigenvalue weighted by atomic mass is 9.69. The normalized spacial score (nSPS) is 31.4. The van der Waals surface area contributed by atoms with Crippen LogP contribution in [0.2, 0.25) is 0 Å². The lowest BCUT2D eigenvalue weighted by molar-refractivity contribution is 0.0780. The number of hydrogen-bond donors (Lipinski definition) is 0. The average molecular weight is 333 g/mol. The van der Waals surface area contributed by atoms with E-state index in [4.69, 9.17) is 4.74 Å². The fourth-order valence-electron chi connectivity index (χ4n) is 4.90. The third kappa shape index (κ3) is 7.13. The van der Waals surface area contributed by atoms with Crippen LogP contribution in [-0.4, -0.2) is 13.2 Å². The molecule has 0 aliphatic heterocycles. The van der Waals surface area contributed by atoms with Gasteiger partial charge in [-0.15, -0.1) is 6.58 Å². The summed E-state index contributed by atoms with van der Waals surface area (Å²) in [6, 6.07) is 0. The average Bonchev–Trinajstić information content (AvgIpc) is 2.63. The molecule has 0 aromatic carbocycles. The van der Waals surface area contributed by atoms with E-state index in [0.717, 1.165) is 36.9 Å². The number of hydrogen-bond acceptors (Lipinski definition) is 1. The highest BCUT2D eigenvalue weighted by Crippen LogP contribution is 2.42. The van der Waals surface area contributed by atoms with Gasteiger partial charge in [0.1, 0.15) is 0 Å². The van der Waals surface area contributed by atoms with Crippen molar-refractivity contribution in [1.82, 2.24) is 0 Å². The molecule has 2 fully saturated rings. The van der Waals surface area contributed by atoms with E-state index in [0.29, 0.717) is 0 Å². The van der Waals surface area contributed by atoms with Gasteiger partial charge in [-0.1, -0.05) is 44.4 Å². The Labute approximate surface area is 150 Å². The molecule has 2 saturated carbocycles. The van der Waals surface area contributed by atoms with Crippen molar-refractivity contribution in [2.24, 2.45) is 23.7 Å². The summed E-state index contributed by atoms with van der Waals surface area (Å²) in [5, 5.41) is 0. The van der Waals surface area contributed by atoms with Crippen LogP contribution in [0.15, 0.2) is 24.8 Å². The summed E-state index contributed by atoms with van der Waals surface area (Å²) in [5.41, 5.74) is 0. The van der Waals surface area contributed by atoms with E-state index in [9.17, 15) is 0 Å². The van der Waals surface area contributed by atoms with Crippen molar-refractivity contribution < 1.29 is 4.74 Å². The Hall–Kier alpha value is -0.560. The van der Waals surface area contributed by atoms with Crippen LogP contribution in [0, 0.1) is 23.7 Å². The van der Waals surface area contributed by atoms with Crippen molar-refractivity contribution in [3.8, 4) is 0 Å². The summed E-state index contributed by atoms with van der Waals surface area (Å²) in [6.07, 6.45) is 23.7. The molecule has 138 valence electrons. The molecule has 0 N–H and O–H groups in total. The number of rotatable bonds is 10. The first-order chi connectivity index (χ1) is 11.8. The largest absolute Gasteiger partial charge is 0.377 e. The van der Waals surface area contributed by atoms with E-state index >= 15 is 0 Å². The fraction of sp³-hybridized carbons (Fsp3) is 0.826. The Morgan fingerprint density at radius 1 is 0.875 bits per heavy atom. The van der Waals surface area contributed by atoms with Gasteiger partial charge in [0, 0.05) is 6.61 Å². The van der Waals surface area contributed by atoms with E-state index in [1.807, 2.05) is 6.08 Å². The molecule has 0 aromatic heterocycles. The highest BCUT2D eigenvalue weighted by Gasteiger charge is 2.30. The second-order valence-corrected chi connectivity index (χ2v) is 8.20. The maximum absolute atomic E-state index is 5.66. The van der Waals surface area contributed by atoms with Crippen molar-refractivity contribution in [3.63, 3.8) is 0 Å². The predicted molar refractivity (Wildman–Crippen MR) is 105 cm³/mol. The quantitative estimate of drug-likeness (QED) is 0.311. The van der Waals surface area contributed by atoms with Gasteiger partial charge < -0.3 is 4.74 Å². The van der Waals surface area contributed by atoms with Gasteiger partial charge in [0.05, 0.1) is 6.61 Å². The maximum Gasteiger partial charge on any atom is 0.0644 e. The molecule has 0 spiro atoms. The molecule has 0 aromatic rings.